The van der Waals surface area contributed by atoms with E-state index in [0.29, 0.717) is 24.3 Å². The molecule has 1 aliphatic heterocycles. The van der Waals surface area contributed by atoms with Gasteiger partial charge in [0.15, 0.2) is 0 Å². The Hall–Kier alpha value is -3.82. The maximum Gasteiger partial charge on any atom is 0.410 e. The molecule has 2 aromatic carbocycles. The van der Waals surface area contributed by atoms with Gasteiger partial charge in [-0.05, 0) is 63.1 Å². The summed E-state index contributed by atoms with van der Waals surface area (Å²) in [5.74, 6) is 0. The second-order valence-electron chi connectivity index (χ2n) is 12.7. The van der Waals surface area contributed by atoms with Crippen LogP contribution in [0.1, 0.15) is 72.4 Å². The number of hydrogen-bond acceptors (Lipinski definition) is 7. The summed E-state index contributed by atoms with van der Waals surface area (Å²) in [6.07, 6.45) is 0.765. The maximum atomic E-state index is 13.2. The van der Waals surface area contributed by atoms with Crippen LogP contribution in [0.25, 0.3) is 0 Å². The Balaban J connectivity index is 1.74. The number of benzene rings is 2. The molecule has 10 nitrogen and oxygen atoms in total. The number of carbonyl (C=O) groups excluding carboxylic acids is 2. The molecule has 1 N–H and O–H groups in total. The lowest BCUT2D eigenvalue weighted by Gasteiger charge is -2.37. The fourth-order valence-corrected chi connectivity index (χ4v) is 4.64. The standard InChI is InChI=1S/C31H44N4O6/c1-22(30(2,3)4)34(28(36)40-21-23-12-9-8-10-13-23)20-24-15-16-26(27(18-24)35(38)39)32-19-25-14-11-17-33(25)29(37)41-31(5,6)7/h8-10,12-13,15-16,18,22,25,32H,11,14,17,19-21H2,1-7H3/t22-,25?/m0/s1. The Kier molecular flexibility index (Phi) is 10.2. The lowest BCUT2D eigenvalue weighted by Crippen LogP contribution is -2.45. The Morgan fingerprint density at radius 1 is 1.10 bits per heavy atom. The van der Waals surface area contributed by atoms with Gasteiger partial charge in [-0.25, -0.2) is 9.59 Å². The molecule has 0 bridgehead atoms. The zero-order chi connectivity index (χ0) is 30.4. The summed E-state index contributed by atoms with van der Waals surface area (Å²) in [5.41, 5.74) is 0.912. The van der Waals surface area contributed by atoms with Crippen molar-refractivity contribution in [1.82, 2.24) is 9.80 Å². The van der Waals surface area contributed by atoms with Crippen molar-refractivity contribution in [3.63, 3.8) is 0 Å². The van der Waals surface area contributed by atoms with Gasteiger partial charge in [-0.15, -0.1) is 0 Å². The van der Waals surface area contributed by atoms with Crippen molar-refractivity contribution in [2.45, 2.75) is 92.1 Å². The zero-order valence-corrected chi connectivity index (χ0v) is 25.3. The Morgan fingerprint density at radius 3 is 2.39 bits per heavy atom. The number of nitro benzene ring substituents is 1. The van der Waals surface area contributed by atoms with Crippen LogP contribution < -0.4 is 5.32 Å². The van der Waals surface area contributed by atoms with Gasteiger partial charge in [-0.3, -0.25) is 10.1 Å². The van der Waals surface area contributed by atoms with Crippen LogP contribution in [0.15, 0.2) is 48.5 Å². The maximum absolute atomic E-state index is 13.2. The molecule has 224 valence electrons. The van der Waals surface area contributed by atoms with E-state index in [2.05, 4.69) is 5.32 Å². The molecule has 41 heavy (non-hydrogen) atoms. The first-order valence-electron chi connectivity index (χ1n) is 14.1. The molecule has 0 radical (unpaired) electrons. The minimum atomic E-state index is -0.599. The summed E-state index contributed by atoms with van der Waals surface area (Å²) in [7, 11) is 0. The molecule has 3 rings (SSSR count). The molecule has 1 heterocycles. The summed E-state index contributed by atoms with van der Waals surface area (Å²) in [5, 5.41) is 15.2. The van der Waals surface area contributed by atoms with Gasteiger partial charge >= 0.3 is 12.2 Å². The van der Waals surface area contributed by atoms with Crippen LogP contribution in [-0.4, -0.2) is 57.7 Å². The number of carbonyl (C=O) groups is 2. The van der Waals surface area contributed by atoms with Gasteiger partial charge in [0.25, 0.3) is 5.69 Å². The first-order chi connectivity index (χ1) is 19.2. The molecule has 0 spiro atoms. The van der Waals surface area contributed by atoms with E-state index < -0.39 is 16.6 Å². The predicted molar refractivity (Wildman–Crippen MR) is 159 cm³/mol. The highest BCUT2D eigenvalue weighted by Gasteiger charge is 2.33. The lowest BCUT2D eigenvalue weighted by atomic mass is 9.87. The second kappa shape index (κ2) is 13.2. The van der Waals surface area contributed by atoms with Crippen molar-refractivity contribution in [2.24, 2.45) is 5.41 Å². The number of amides is 2. The van der Waals surface area contributed by atoms with Crippen molar-refractivity contribution in [2.75, 3.05) is 18.4 Å². The van der Waals surface area contributed by atoms with Crippen LogP contribution in [0.2, 0.25) is 0 Å². The average molecular weight is 569 g/mol. The summed E-state index contributed by atoms with van der Waals surface area (Å²) in [6.45, 7) is 14.8. The first-order valence-corrected chi connectivity index (χ1v) is 14.1. The molecular formula is C31H44N4O6. The predicted octanol–water partition coefficient (Wildman–Crippen LogP) is 6.98. The fraction of sp³-hybridized carbons (Fsp3) is 0.548. The van der Waals surface area contributed by atoms with Crippen LogP contribution in [-0.2, 0) is 22.6 Å². The molecule has 2 aromatic rings. The van der Waals surface area contributed by atoms with Gasteiger partial charge in [-0.2, -0.15) is 0 Å². The smallest absolute Gasteiger partial charge is 0.410 e. The zero-order valence-electron chi connectivity index (χ0n) is 25.3. The SMILES string of the molecule is C[C@H](N(Cc1ccc(NCC2CCCN2C(=O)OC(C)(C)C)c([N+](=O)[O-])c1)C(=O)OCc1ccccc1)C(C)(C)C. The van der Waals surface area contributed by atoms with Crippen LogP contribution in [0.5, 0.6) is 0 Å². The van der Waals surface area contributed by atoms with Crippen molar-refractivity contribution in [3.05, 3.63) is 69.8 Å². The van der Waals surface area contributed by atoms with Gasteiger partial charge in [0.2, 0.25) is 0 Å². The molecule has 10 heteroatoms. The van der Waals surface area contributed by atoms with Crippen LogP contribution in [0.4, 0.5) is 21.0 Å². The van der Waals surface area contributed by atoms with E-state index in [-0.39, 0.29) is 42.4 Å². The van der Waals surface area contributed by atoms with Crippen LogP contribution in [0, 0.1) is 15.5 Å². The molecule has 0 aromatic heterocycles. The average Bonchev–Trinajstić information content (AvgIpc) is 3.37. The molecule has 2 atom stereocenters. The van der Waals surface area contributed by atoms with Crippen molar-refractivity contribution in [1.29, 1.82) is 0 Å². The van der Waals surface area contributed by atoms with E-state index in [0.717, 1.165) is 18.4 Å². The van der Waals surface area contributed by atoms with E-state index in [1.807, 2.05) is 78.8 Å². The fourth-order valence-electron chi connectivity index (χ4n) is 4.64. The van der Waals surface area contributed by atoms with Gasteiger partial charge < -0.3 is 24.6 Å². The molecule has 0 aliphatic carbocycles. The number of nitrogens with one attached hydrogen (secondary N) is 1. The van der Waals surface area contributed by atoms with Gasteiger partial charge in [0, 0.05) is 31.7 Å². The van der Waals surface area contributed by atoms with Crippen LogP contribution in [0.3, 0.4) is 0 Å². The third kappa shape index (κ3) is 9.09. The van der Waals surface area contributed by atoms with Crippen molar-refractivity contribution in [3.8, 4) is 0 Å². The van der Waals surface area contributed by atoms with Crippen molar-refractivity contribution >= 4 is 23.6 Å². The number of hydrogen-bond donors (Lipinski definition) is 1. The summed E-state index contributed by atoms with van der Waals surface area (Å²) in [6, 6.07) is 14.0. The summed E-state index contributed by atoms with van der Waals surface area (Å²) >= 11 is 0. The van der Waals surface area contributed by atoms with Crippen molar-refractivity contribution < 1.29 is 24.0 Å². The lowest BCUT2D eigenvalue weighted by molar-refractivity contribution is -0.384. The van der Waals surface area contributed by atoms with E-state index in [1.165, 1.54) is 6.07 Å². The minimum Gasteiger partial charge on any atom is -0.445 e. The van der Waals surface area contributed by atoms with E-state index in [1.54, 1.807) is 21.9 Å². The van der Waals surface area contributed by atoms with E-state index >= 15 is 0 Å². The number of likely N-dealkylation sites (tertiary alicyclic amines) is 1. The third-order valence-corrected chi connectivity index (χ3v) is 7.31. The Bertz CT molecular complexity index is 1210. The molecule has 2 amide bonds. The number of anilines is 1. The summed E-state index contributed by atoms with van der Waals surface area (Å²) < 4.78 is 11.2. The second-order valence-corrected chi connectivity index (χ2v) is 12.7. The summed E-state index contributed by atoms with van der Waals surface area (Å²) in [4.78, 5) is 40.8. The van der Waals surface area contributed by atoms with Gasteiger partial charge in [-0.1, -0.05) is 57.2 Å². The topological polar surface area (TPSA) is 114 Å². The number of nitro groups is 1. The molecular weight excluding hydrogens is 524 g/mol. The molecule has 1 fully saturated rings. The van der Waals surface area contributed by atoms with E-state index in [4.69, 9.17) is 9.47 Å². The third-order valence-electron chi connectivity index (χ3n) is 7.31. The highest BCUT2D eigenvalue weighted by Crippen LogP contribution is 2.30. The first kappa shape index (κ1) is 31.7. The molecule has 0 saturated carbocycles. The van der Waals surface area contributed by atoms with Crippen LogP contribution >= 0.6 is 0 Å². The highest BCUT2D eigenvalue weighted by atomic mass is 16.6. The monoisotopic (exact) mass is 568 g/mol. The molecule has 1 aliphatic rings. The van der Waals surface area contributed by atoms with Gasteiger partial charge in [0.05, 0.1) is 11.0 Å². The Labute approximate surface area is 243 Å². The molecule has 1 saturated heterocycles. The highest BCUT2D eigenvalue weighted by molar-refractivity contribution is 5.70. The molecule has 1 unspecified atom stereocenters. The number of ether oxygens (including phenoxy) is 2. The quantitative estimate of drug-likeness (QED) is 0.256. The van der Waals surface area contributed by atoms with E-state index in [9.17, 15) is 19.7 Å². The normalized spacial score (nSPS) is 16.2. The minimum absolute atomic E-state index is 0.0923. The Morgan fingerprint density at radius 2 is 1.78 bits per heavy atom. The largest absolute Gasteiger partial charge is 0.445 e. The van der Waals surface area contributed by atoms with Gasteiger partial charge in [0.1, 0.15) is 17.9 Å². The number of nitrogens with zero attached hydrogens (tertiary/aromatic N) is 3. The number of rotatable bonds is 9.